The molecule has 0 bridgehead atoms. The van der Waals surface area contributed by atoms with Gasteiger partial charge in [0.15, 0.2) is 10.2 Å². The highest BCUT2D eigenvalue weighted by atomic mass is 35.5. The van der Waals surface area contributed by atoms with Crippen molar-refractivity contribution in [2.24, 2.45) is 16.3 Å². The molecule has 3 aromatic heterocycles. The number of hydrogen-bond donors (Lipinski definition) is 2. The molecule has 39 heavy (non-hydrogen) atoms. The maximum Gasteiger partial charge on any atom is 0.259 e. The van der Waals surface area contributed by atoms with Crippen molar-refractivity contribution in [2.45, 2.75) is 57.2 Å². The summed E-state index contributed by atoms with van der Waals surface area (Å²) in [5.74, 6) is 0.899. The van der Waals surface area contributed by atoms with Gasteiger partial charge in [0, 0.05) is 27.3 Å². The lowest BCUT2D eigenvalue weighted by molar-refractivity contribution is 0.102. The van der Waals surface area contributed by atoms with Crippen LogP contribution in [-0.2, 0) is 12.8 Å². The van der Waals surface area contributed by atoms with Crippen LogP contribution in [0.1, 0.15) is 59.4 Å². The molecule has 202 valence electrons. The van der Waals surface area contributed by atoms with Crippen molar-refractivity contribution in [2.75, 3.05) is 5.32 Å². The van der Waals surface area contributed by atoms with E-state index < -0.39 is 0 Å². The first-order chi connectivity index (χ1) is 18.5. The van der Waals surface area contributed by atoms with E-state index in [1.807, 2.05) is 0 Å². The number of nitrogens with zero attached hydrogens (tertiary/aromatic N) is 2. The molecular weight excluding hydrogens is 552 g/mol. The number of benzene rings is 1. The Bertz CT molecular complexity index is 1600. The number of thiophene rings is 1. The fourth-order valence-electron chi connectivity index (χ4n) is 4.64. The fourth-order valence-corrected chi connectivity index (χ4v) is 6.84. The second kappa shape index (κ2) is 11.2. The van der Waals surface area contributed by atoms with Crippen LogP contribution in [0.2, 0.25) is 5.02 Å². The van der Waals surface area contributed by atoms with E-state index in [0.29, 0.717) is 48.9 Å². The third-order valence-corrected chi connectivity index (χ3v) is 8.98. The highest BCUT2D eigenvalue weighted by molar-refractivity contribution is 7.99. The van der Waals surface area contributed by atoms with Gasteiger partial charge in [0.25, 0.3) is 11.5 Å². The number of carbonyl (C=O) groups excluding carboxylic acids is 1. The summed E-state index contributed by atoms with van der Waals surface area (Å²) in [5, 5.41) is 5.32. The number of anilines is 1. The van der Waals surface area contributed by atoms with Gasteiger partial charge in [-0.05, 0) is 91.2 Å². The molecule has 0 spiro atoms. The van der Waals surface area contributed by atoms with Gasteiger partial charge in [-0.2, -0.15) is 0 Å². The van der Waals surface area contributed by atoms with Crippen molar-refractivity contribution in [3.63, 3.8) is 0 Å². The molecule has 0 aliphatic heterocycles. The third kappa shape index (κ3) is 6.54. The van der Waals surface area contributed by atoms with Gasteiger partial charge >= 0.3 is 0 Å². The van der Waals surface area contributed by atoms with Crippen LogP contribution >= 0.6 is 34.7 Å². The largest absolute Gasteiger partial charge is 0.448 e. The molecule has 5 rings (SSSR count). The van der Waals surface area contributed by atoms with Crippen LogP contribution < -0.4 is 10.9 Å². The summed E-state index contributed by atoms with van der Waals surface area (Å²) in [6.45, 7) is 8.60. The van der Waals surface area contributed by atoms with Crippen molar-refractivity contribution < 1.29 is 9.21 Å². The molecular formula is C29H29ClN4O3S2. The minimum atomic E-state index is -0.210. The lowest BCUT2D eigenvalue weighted by Crippen LogP contribution is -2.27. The smallest absolute Gasteiger partial charge is 0.259 e. The van der Waals surface area contributed by atoms with E-state index in [-0.39, 0.29) is 16.9 Å². The fraction of sp³-hybridized carbons (Fsp3) is 0.310. The predicted octanol–water partition coefficient (Wildman–Crippen LogP) is 7.69. The molecule has 1 aliphatic carbocycles. The summed E-state index contributed by atoms with van der Waals surface area (Å²) >= 11 is 8.82. The SMILES string of the molecule is Cc1cc(=O)[nH]c(Sc2ccc(C=Nc3sc4c(c3C(=O)Nc3ccc(Cl)cc3)CC[C@@H](C(C)(C)C)C4)o2)n1. The van der Waals surface area contributed by atoms with Crippen molar-refractivity contribution in [1.82, 2.24) is 9.97 Å². The number of carbonyl (C=O) groups is 1. The van der Waals surface area contributed by atoms with Gasteiger partial charge in [-0.15, -0.1) is 11.3 Å². The number of amides is 1. The Morgan fingerprint density at radius 1 is 1.26 bits per heavy atom. The Morgan fingerprint density at radius 3 is 2.74 bits per heavy atom. The Kier molecular flexibility index (Phi) is 7.84. The minimum Gasteiger partial charge on any atom is -0.448 e. The minimum absolute atomic E-state index is 0.179. The monoisotopic (exact) mass is 580 g/mol. The molecule has 1 aromatic carbocycles. The number of rotatable bonds is 6. The quantitative estimate of drug-likeness (QED) is 0.180. The molecule has 0 saturated heterocycles. The van der Waals surface area contributed by atoms with Crippen LogP contribution in [0.15, 0.2) is 66.9 Å². The van der Waals surface area contributed by atoms with Crippen LogP contribution in [-0.4, -0.2) is 22.1 Å². The standard InChI is InChI=1S/C29H29ClN4O3S2/c1-16-13-23(35)34-28(32-16)39-24-12-10-20(37-24)15-31-27-25(26(36)33-19-8-6-18(30)7-9-19)21-11-5-17(29(2,3)4)14-22(21)38-27/h6-10,12-13,15,17H,5,11,14H2,1-4H3,(H,33,36)(H,32,34,35)/t17-/m1/s1. The number of aryl methyl sites for hydroxylation is 1. The molecule has 10 heteroatoms. The molecule has 2 N–H and O–H groups in total. The first-order valence-corrected chi connectivity index (χ1v) is 14.7. The van der Waals surface area contributed by atoms with E-state index in [0.717, 1.165) is 24.8 Å². The van der Waals surface area contributed by atoms with Gasteiger partial charge in [0.2, 0.25) is 0 Å². The average molecular weight is 581 g/mol. The number of hydrogen-bond acceptors (Lipinski definition) is 7. The van der Waals surface area contributed by atoms with E-state index >= 15 is 0 Å². The van der Waals surface area contributed by atoms with Crippen LogP contribution in [0.5, 0.6) is 0 Å². The maximum absolute atomic E-state index is 13.5. The van der Waals surface area contributed by atoms with Crippen molar-refractivity contribution in [3.05, 3.63) is 85.3 Å². The summed E-state index contributed by atoms with van der Waals surface area (Å²) in [7, 11) is 0. The number of aromatic amines is 1. The molecule has 1 atom stereocenters. The molecule has 1 aliphatic rings. The number of halogens is 1. The summed E-state index contributed by atoms with van der Waals surface area (Å²) in [4.78, 5) is 38.3. The number of nitrogens with one attached hydrogen (secondary N) is 2. The number of fused-ring (bicyclic) bond motifs is 1. The van der Waals surface area contributed by atoms with Gasteiger partial charge in [0.05, 0.1) is 11.8 Å². The lowest BCUT2D eigenvalue weighted by atomic mass is 9.72. The number of furan rings is 1. The highest BCUT2D eigenvalue weighted by Crippen LogP contribution is 2.45. The van der Waals surface area contributed by atoms with E-state index in [4.69, 9.17) is 21.0 Å². The second-order valence-corrected chi connectivity index (χ2v) is 13.2. The number of aromatic nitrogens is 2. The summed E-state index contributed by atoms with van der Waals surface area (Å²) in [6, 6.07) is 12.1. The molecule has 0 radical (unpaired) electrons. The summed E-state index contributed by atoms with van der Waals surface area (Å²) in [5.41, 5.74) is 3.00. The van der Waals surface area contributed by atoms with Gasteiger partial charge < -0.3 is 14.7 Å². The van der Waals surface area contributed by atoms with Crippen LogP contribution in [0.4, 0.5) is 10.7 Å². The first kappa shape index (κ1) is 27.4. The Labute approximate surface area is 240 Å². The predicted molar refractivity (Wildman–Crippen MR) is 158 cm³/mol. The Morgan fingerprint density at radius 2 is 2.03 bits per heavy atom. The number of H-pyrrole nitrogens is 1. The molecule has 4 aromatic rings. The zero-order chi connectivity index (χ0) is 27.7. The van der Waals surface area contributed by atoms with Crippen molar-refractivity contribution in [1.29, 1.82) is 0 Å². The van der Waals surface area contributed by atoms with E-state index in [2.05, 4.69) is 36.1 Å². The average Bonchev–Trinajstić information content (AvgIpc) is 3.46. The summed E-state index contributed by atoms with van der Waals surface area (Å²) in [6.07, 6.45) is 4.44. The summed E-state index contributed by atoms with van der Waals surface area (Å²) < 4.78 is 5.90. The van der Waals surface area contributed by atoms with Crippen LogP contribution in [0, 0.1) is 18.3 Å². The first-order valence-electron chi connectivity index (χ1n) is 12.7. The van der Waals surface area contributed by atoms with Gasteiger partial charge in [-0.3, -0.25) is 9.59 Å². The molecule has 3 heterocycles. The van der Waals surface area contributed by atoms with Crippen molar-refractivity contribution >= 4 is 57.5 Å². The maximum atomic E-state index is 13.5. The van der Waals surface area contributed by atoms with E-state index in [1.54, 1.807) is 60.9 Å². The Balaban J connectivity index is 1.42. The third-order valence-electron chi connectivity index (χ3n) is 6.76. The van der Waals surface area contributed by atoms with E-state index in [9.17, 15) is 9.59 Å². The second-order valence-electron chi connectivity index (χ2n) is 10.7. The topological polar surface area (TPSA) is 100 Å². The van der Waals surface area contributed by atoms with Crippen molar-refractivity contribution in [3.8, 4) is 0 Å². The zero-order valence-electron chi connectivity index (χ0n) is 22.1. The van der Waals surface area contributed by atoms with Gasteiger partial charge in [-0.25, -0.2) is 9.98 Å². The zero-order valence-corrected chi connectivity index (χ0v) is 24.5. The van der Waals surface area contributed by atoms with Gasteiger partial charge in [-0.1, -0.05) is 32.4 Å². The number of aliphatic imine (C=N–C) groups is 1. The molecule has 0 saturated carbocycles. The van der Waals surface area contributed by atoms with Gasteiger partial charge in [0.1, 0.15) is 10.8 Å². The molecule has 0 unspecified atom stereocenters. The molecule has 7 nitrogen and oxygen atoms in total. The lowest BCUT2D eigenvalue weighted by Gasteiger charge is -2.33. The Hall–Kier alpha value is -3.14. The molecule has 1 amide bonds. The highest BCUT2D eigenvalue weighted by Gasteiger charge is 2.33. The van der Waals surface area contributed by atoms with Crippen LogP contribution in [0.25, 0.3) is 0 Å². The normalized spacial score (nSPS) is 15.5. The molecule has 0 fully saturated rings. The van der Waals surface area contributed by atoms with Crippen LogP contribution in [0.3, 0.4) is 0 Å². The van der Waals surface area contributed by atoms with E-state index in [1.165, 1.54) is 22.7 Å².